The molecule has 0 unspecified atom stereocenters. The van der Waals surface area contributed by atoms with Crippen molar-refractivity contribution in [3.8, 4) is 0 Å². The summed E-state index contributed by atoms with van der Waals surface area (Å²) in [5.74, 6) is -2.36. The van der Waals surface area contributed by atoms with E-state index in [1.807, 2.05) is 0 Å². The van der Waals surface area contributed by atoms with Crippen LogP contribution in [0.15, 0.2) is 0 Å². The molecule has 0 radical (unpaired) electrons. The van der Waals surface area contributed by atoms with Crippen molar-refractivity contribution in [1.82, 2.24) is 9.78 Å². The lowest BCUT2D eigenvalue weighted by Gasteiger charge is -2.34. The molecule has 3 saturated carbocycles. The molecule has 1 heterocycles. The monoisotopic (exact) mass is 357 g/mol. The van der Waals surface area contributed by atoms with Crippen LogP contribution in [0.2, 0.25) is 0 Å². The molecule has 1 N–H and O–H groups in total. The van der Waals surface area contributed by atoms with Crippen molar-refractivity contribution in [1.29, 1.82) is 0 Å². The van der Waals surface area contributed by atoms with Crippen LogP contribution in [0.5, 0.6) is 0 Å². The summed E-state index contributed by atoms with van der Waals surface area (Å²) in [6, 6.07) is 0.183. The van der Waals surface area contributed by atoms with Gasteiger partial charge in [0.15, 0.2) is 0 Å². The molecule has 0 aliphatic heterocycles. The first kappa shape index (κ1) is 16.7. The molecule has 4 rings (SSSR count). The van der Waals surface area contributed by atoms with Crippen LogP contribution >= 0.6 is 0 Å². The maximum absolute atomic E-state index is 13.2. The molecule has 3 aliphatic rings. The molecule has 3 aliphatic carbocycles. The Labute approximate surface area is 143 Å². The third-order valence-corrected chi connectivity index (χ3v) is 5.61. The predicted octanol–water partition coefficient (Wildman–Crippen LogP) is 4.48. The average molecular weight is 357 g/mol. The van der Waals surface area contributed by atoms with Crippen LogP contribution in [0, 0.1) is 6.92 Å². The number of nitrogens with one attached hydrogen (secondary N) is 1. The smallest absolute Gasteiger partial charge is 0.413 e. The third kappa shape index (κ3) is 3.11. The van der Waals surface area contributed by atoms with Gasteiger partial charge in [-0.05, 0) is 26.2 Å². The van der Waals surface area contributed by atoms with Gasteiger partial charge in [-0.25, -0.2) is 22.6 Å². The molecule has 1 aromatic rings. The molecule has 0 atom stereocenters. The van der Waals surface area contributed by atoms with Crippen LogP contribution < -0.4 is 5.32 Å². The van der Waals surface area contributed by atoms with E-state index in [4.69, 9.17) is 4.74 Å². The van der Waals surface area contributed by atoms with Crippen LogP contribution in [0.3, 0.4) is 0 Å². The molecule has 1 amide bonds. The number of carbonyl (C=O) groups is 1. The quantitative estimate of drug-likeness (QED) is 0.864. The molecule has 0 bridgehead atoms. The minimum atomic E-state index is -2.61. The standard InChI is InChI=1S/C17H22F3N3O2/c1-9-14(10-7-17(19,20)8-10)22-23(12-3-2-4-12)15(9)21-16(24)25-13-5-11(18)6-13/h10-13H,2-8H2,1H3,(H,21,24)/t11-,13+. The SMILES string of the molecule is Cc1c(C2CC(F)(F)C2)nn(C2CCC2)c1NC(=O)O[C@H]1C[C@@H](F)C1. The van der Waals surface area contributed by atoms with E-state index in [-0.39, 0.29) is 43.7 Å². The first-order chi connectivity index (χ1) is 11.8. The molecule has 25 heavy (non-hydrogen) atoms. The van der Waals surface area contributed by atoms with Crippen molar-refractivity contribution >= 4 is 11.9 Å². The van der Waals surface area contributed by atoms with Gasteiger partial charge in [0.2, 0.25) is 5.92 Å². The number of aromatic nitrogens is 2. The van der Waals surface area contributed by atoms with Gasteiger partial charge >= 0.3 is 6.09 Å². The Balaban J connectivity index is 1.50. The van der Waals surface area contributed by atoms with E-state index in [0.717, 1.165) is 24.8 Å². The Morgan fingerprint density at radius 2 is 2.00 bits per heavy atom. The van der Waals surface area contributed by atoms with E-state index in [2.05, 4.69) is 10.4 Å². The number of carbonyl (C=O) groups excluding carboxylic acids is 1. The predicted molar refractivity (Wildman–Crippen MR) is 84.8 cm³/mol. The lowest BCUT2D eigenvalue weighted by molar-refractivity contribution is -0.0878. The lowest BCUT2D eigenvalue weighted by atomic mass is 9.78. The van der Waals surface area contributed by atoms with E-state index in [0.29, 0.717) is 11.5 Å². The van der Waals surface area contributed by atoms with E-state index in [9.17, 15) is 18.0 Å². The van der Waals surface area contributed by atoms with E-state index < -0.39 is 18.2 Å². The number of rotatable bonds is 4. The minimum absolute atomic E-state index is 0.183. The summed E-state index contributed by atoms with van der Waals surface area (Å²) in [6.07, 6.45) is 1.16. The fourth-order valence-corrected chi connectivity index (χ4v) is 3.70. The molecule has 8 heteroatoms. The Kier molecular flexibility index (Phi) is 3.96. The normalized spacial score (nSPS) is 28.6. The van der Waals surface area contributed by atoms with E-state index in [1.165, 1.54) is 0 Å². The van der Waals surface area contributed by atoms with Crippen molar-refractivity contribution in [3.05, 3.63) is 11.3 Å². The second-order valence-corrected chi connectivity index (χ2v) is 7.57. The van der Waals surface area contributed by atoms with Gasteiger partial charge in [0.05, 0.1) is 11.7 Å². The zero-order valence-electron chi connectivity index (χ0n) is 14.1. The number of ether oxygens (including phenoxy) is 1. The summed E-state index contributed by atoms with van der Waals surface area (Å²) >= 11 is 0. The van der Waals surface area contributed by atoms with Crippen LogP contribution in [-0.4, -0.2) is 34.1 Å². The van der Waals surface area contributed by atoms with E-state index >= 15 is 0 Å². The number of hydrogen-bond donors (Lipinski definition) is 1. The Morgan fingerprint density at radius 1 is 1.32 bits per heavy atom. The number of amides is 1. The molecule has 138 valence electrons. The second kappa shape index (κ2) is 5.92. The summed E-state index contributed by atoms with van der Waals surface area (Å²) in [6.45, 7) is 1.80. The minimum Gasteiger partial charge on any atom is -0.446 e. The first-order valence-electron chi connectivity index (χ1n) is 8.91. The van der Waals surface area contributed by atoms with E-state index in [1.54, 1.807) is 11.6 Å². The highest BCUT2D eigenvalue weighted by atomic mass is 19.3. The number of nitrogens with zero attached hydrogens (tertiary/aromatic N) is 2. The summed E-state index contributed by atoms with van der Waals surface area (Å²) in [5, 5.41) is 7.27. The fraction of sp³-hybridized carbons (Fsp3) is 0.765. The summed E-state index contributed by atoms with van der Waals surface area (Å²) in [7, 11) is 0. The third-order valence-electron chi connectivity index (χ3n) is 5.61. The summed E-state index contributed by atoms with van der Waals surface area (Å²) < 4.78 is 46.2. The summed E-state index contributed by atoms with van der Waals surface area (Å²) in [4.78, 5) is 12.1. The zero-order chi connectivity index (χ0) is 17.8. The Bertz CT molecular complexity index is 673. The van der Waals surface area contributed by atoms with Crippen molar-refractivity contribution < 1.29 is 22.7 Å². The van der Waals surface area contributed by atoms with Gasteiger partial charge < -0.3 is 4.74 Å². The molecule has 5 nitrogen and oxygen atoms in total. The Morgan fingerprint density at radius 3 is 2.52 bits per heavy atom. The average Bonchev–Trinajstić information content (AvgIpc) is 2.70. The number of halogens is 3. The van der Waals surface area contributed by atoms with Gasteiger partial charge in [0, 0.05) is 37.2 Å². The molecule has 3 fully saturated rings. The molecule has 0 spiro atoms. The molecular formula is C17H22F3N3O2. The van der Waals surface area contributed by atoms with Gasteiger partial charge in [0.25, 0.3) is 0 Å². The van der Waals surface area contributed by atoms with Crippen LogP contribution in [0.1, 0.15) is 68.2 Å². The van der Waals surface area contributed by atoms with Crippen LogP contribution in [0.25, 0.3) is 0 Å². The maximum Gasteiger partial charge on any atom is 0.413 e. The lowest BCUT2D eigenvalue weighted by Crippen LogP contribution is -2.36. The largest absolute Gasteiger partial charge is 0.446 e. The number of hydrogen-bond acceptors (Lipinski definition) is 3. The van der Waals surface area contributed by atoms with Crippen molar-refractivity contribution in [2.75, 3.05) is 5.32 Å². The highest BCUT2D eigenvalue weighted by Gasteiger charge is 2.48. The second-order valence-electron chi connectivity index (χ2n) is 7.57. The topological polar surface area (TPSA) is 56.2 Å². The highest BCUT2D eigenvalue weighted by Crippen LogP contribution is 2.50. The summed E-state index contributed by atoms with van der Waals surface area (Å²) in [5.41, 5.74) is 1.36. The highest BCUT2D eigenvalue weighted by molar-refractivity contribution is 5.85. The van der Waals surface area contributed by atoms with Gasteiger partial charge in [0.1, 0.15) is 18.1 Å². The van der Waals surface area contributed by atoms with Crippen molar-refractivity contribution in [2.45, 2.75) is 82.0 Å². The first-order valence-corrected chi connectivity index (χ1v) is 8.91. The zero-order valence-corrected chi connectivity index (χ0v) is 14.1. The van der Waals surface area contributed by atoms with Gasteiger partial charge in [-0.2, -0.15) is 5.10 Å². The molecule has 1 aromatic heterocycles. The molecule has 0 aromatic carbocycles. The van der Waals surface area contributed by atoms with Gasteiger partial charge in [-0.15, -0.1) is 0 Å². The van der Waals surface area contributed by atoms with Crippen LogP contribution in [-0.2, 0) is 4.74 Å². The fourth-order valence-electron chi connectivity index (χ4n) is 3.70. The van der Waals surface area contributed by atoms with Crippen molar-refractivity contribution in [3.63, 3.8) is 0 Å². The molecular weight excluding hydrogens is 335 g/mol. The number of anilines is 1. The van der Waals surface area contributed by atoms with Gasteiger partial charge in [-0.3, -0.25) is 5.32 Å². The Hall–Kier alpha value is -1.73. The maximum atomic E-state index is 13.2. The molecule has 0 saturated heterocycles. The van der Waals surface area contributed by atoms with Gasteiger partial charge in [-0.1, -0.05) is 0 Å². The number of alkyl halides is 3. The van der Waals surface area contributed by atoms with Crippen molar-refractivity contribution in [2.24, 2.45) is 0 Å². The van der Waals surface area contributed by atoms with Crippen LogP contribution in [0.4, 0.5) is 23.8 Å².